The molecule has 0 saturated heterocycles. The predicted octanol–water partition coefficient (Wildman–Crippen LogP) is 4.11. The summed E-state index contributed by atoms with van der Waals surface area (Å²) in [6.45, 7) is 1.72. The van der Waals surface area contributed by atoms with E-state index < -0.39 is 17.5 Å². The van der Waals surface area contributed by atoms with Gasteiger partial charge < -0.3 is 9.73 Å². The van der Waals surface area contributed by atoms with Gasteiger partial charge in [-0.15, -0.1) is 0 Å². The molecule has 0 saturated carbocycles. The van der Waals surface area contributed by atoms with E-state index in [1.807, 2.05) is 30.3 Å². The number of nitrogens with one attached hydrogen (secondary N) is 1. The van der Waals surface area contributed by atoms with Crippen LogP contribution in [-0.2, 0) is 11.2 Å². The number of anilines is 1. The lowest BCUT2D eigenvalue weighted by Gasteiger charge is -2.04. The average Bonchev–Trinajstić information content (AvgIpc) is 2.93. The van der Waals surface area contributed by atoms with Gasteiger partial charge in [-0.25, -0.2) is 13.8 Å². The van der Waals surface area contributed by atoms with Crippen molar-refractivity contribution in [3.05, 3.63) is 71.6 Å². The lowest BCUT2D eigenvalue weighted by Crippen LogP contribution is -2.15. The summed E-state index contributed by atoms with van der Waals surface area (Å²) in [4.78, 5) is 16.4. The second-order valence-corrected chi connectivity index (χ2v) is 5.24. The van der Waals surface area contributed by atoms with E-state index in [9.17, 15) is 13.6 Å². The Balaban J connectivity index is 1.72. The van der Waals surface area contributed by atoms with Crippen LogP contribution in [0, 0.1) is 18.6 Å². The number of aromatic nitrogens is 1. The van der Waals surface area contributed by atoms with Gasteiger partial charge in [0.15, 0.2) is 11.6 Å². The van der Waals surface area contributed by atoms with Crippen LogP contribution in [0.4, 0.5) is 14.5 Å². The topological polar surface area (TPSA) is 55.1 Å². The van der Waals surface area contributed by atoms with Crippen molar-refractivity contribution in [1.29, 1.82) is 0 Å². The van der Waals surface area contributed by atoms with Crippen molar-refractivity contribution in [3.8, 4) is 11.5 Å². The van der Waals surface area contributed by atoms with Gasteiger partial charge >= 0.3 is 0 Å². The van der Waals surface area contributed by atoms with Crippen LogP contribution in [0.5, 0.6) is 0 Å². The monoisotopic (exact) mass is 328 g/mol. The van der Waals surface area contributed by atoms with Crippen molar-refractivity contribution >= 4 is 11.6 Å². The molecule has 1 aromatic heterocycles. The maximum Gasteiger partial charge on any atom is 0.230 e. The second kappa shape index (κ2) is 6.62. The Morgan fingerprint density at radius 3 is 2.58 bits per heavy atom. The molecule has 4 nitrogen and oxygen atoms in total. The molecule has 0 bridgehead atoms. The lowest BCUT2D eigenvalue weighted by atomic mass is 10.2. The minimum Gasteiger partial charge on any atom is -0.441 e. The van der Waals surface area contributed by atoms with Gasteiger partial charge in [0.1, 0.15) is 5.76 Å². The number of hydrogen-bond donors (Lipinski definition) is 1. The molecule has 0 fully saturated rings. The van der Waals surface area contributed by atoms with Crippen LogP contribution < -0.4 is 5.32 Å². The Kier molecular flexibility index (Phi) is 4.37. The third kappa shape index (κ3) is 3.48. The molecule has 3 aromatic rings. The lowest BCUT2D eigenvalue weighted by molar-refractivity contribution is -0.115. The first-order chi connectivity index (χ1) is 11.5. The molecule has 3 rings (SSSR count). The van der Waals surface area contributed by atoms with Crippen LogP contribution in [-0.4, -0.2) is 10.9 Å². The number of benzene rings is 2. The van der Waals surface area contributed by atoms with Gasteiger partial charge in [-0.3, -0.25) is 4.79 Å². The molecule has 0 atom stereocenters. The first kappa shape index (κ1) is 15.9. The summed E-state index contributed by atoms with van der Waals surface area (Å²) in [7, 11) is 0. The van der Waals surface area contributed by atoms with Crippen molar-refractivity contribution in [3.63, 3.8) is 0 Å². The van der Waals surface area contributed by atoms with Gasteiger partial charge in [-0.2, -0.15) is 0 Å². The molecule has 0 unspecified atom stereocenters. The van der Waals surface area contributed by atoms with Crippen molar-refractivity contribution in [2.45, 2.75) is 13.3 Å². The third-order valence-corrected chi connectivity index (χ3v) is 3.44. The van der Waals surface area contributed by atoms with Crippen molar-refractivity contribution in [2.75, 3.05) is 5.32 Å². The third-order valence-electron chi connectivity index (χ3n) is 3.44. The highest BCUT2D eigenvalue weighted by molar-refractivity contribution is 5.92. The largest absolute Gasteiger partial charge is 0.441 e. The van der Waals surface area contributed by atoms with Crippen LogP contribution in [0.3, 0.4) is 0 Å². The predicted molar refractivity (Wildman–Crippen MR) is 85.4 cm³/mol. The number of carbonyl (C=O) groups is 1. The maximum atomic E-state index is 13.2. The van der Waals surface area contributed by atoms with Gasteiger partial charge in [0.2, 0.25) is 11.8 Å². The molecule has 1 heterocycles. The highest BCUT2D eigenvalue weighted by atomic mass is 19.2. The molecule has 0 aliphatic heterocycles. The Bertz CT molecular complexity index is 876. The number of halogens is 2. The van der Waals surface area contributed by atoms with E-state index in [-0.39, 0.29) is 12.1 Å². The Labute approximate surface area is 137 Å². The number of amides is 1. The molecule has 24 heavy (non-hydrogen) atoms. The summed E-state index contributed by atoms with van der Waals surface area (Å²) < 4.78 is 31.6. The Morgan fingerprint density at radius 2 is 1.88 bits per heavy atom. The molecule has 0 aliphatic carbocycles. The van der Waals surface area contributed by atoms with Gasteiger partial charge in [-0.05, 0) is 31.2 Å². The van der Waals surface area contributed by atoms with Crippen molar-refractivity contribution in [2.24, 2.45) is 0 Å². The van der Waals surface area contributed by atoms with E-state index in [1.165, 1.54) is 6.07 Å². The van der Waals surface area contributed by atoms with Crippen LogP contribution in [0.1, 0.15) is 11.5 Å². The maximum absolute atomic E-state index is 13.2. The standard InChI is InChI=1S/C18H14F2N2O2/c1-11-16(22-18(24-11)12-5-3-2-4-6-12)10-17(23)21-13-7-8-14(19)15(20)9-13/h2-9H,10H2,1H3,(H,21,23). The molecule has 0 spiro atoms. The number of aryl methyl sites for hydroxylation is 1. The number of rotatable bonds is 4. The van der Waals surface area contributed by atoms with Crippen LogP contribution in [0.25, 0.3) is 11.5 Å². The zero-order valence-electron chi connectivity index (χ0n) is 12.8. The number of carbonyl (C=O) groups excluding carboxylic acids is 1. The van der Waals surface area contributed by atoms with Crippen LogP contribution in [0.2, 0.25) is 0 Å². The highest BCUT2D eigenvalue weighted by Gasteiger charge is 2.15. The number of oxazole rings is 1. The number of nitrogens with zero attached hydrogens (tertiary/aromatic N) is 1. The molecule has 122 valence electrons. The number of hydrogen-bond acceptors (Lipinski definition) is 3. The molecule has 0 aliphatic rings. The SMILES string of the molecule is Cc1oc(-c2ccccc2)nc1CC(=O)Nc1ccc(F)c(F)c1. The highest BCUT2D eigenvalue weighted by Crippen LogP contribution is 2.22. The summed E-state index contributed by atoms with van der Waals surface area (Å²) in [5.74, 6) is -1.40. The summed E-state index contributed by atoms with van der Waals surface area (Å²) in [6, 6.07) is 12.5. The summed E-state index contributed by atoms with van der Waals surface area (Å²) >= 11 is 0. The van der Waals surface area contributed by atoms with E-state index in [0.29, 0.717) is 17.3 Å². The second-order valence-electron chi connectivity index (χ2n) is 5.24. The van der Waals surface area contributed by atoms with Gasteiger partial charge in [-0.1, -0.05) is 18.2 Å². The fourth-order valence-electron chi connectivity index (χ4n) is 2.23. The molecule has 2 aromatic carbocycles. The smallest absolute Gasteiger partial charge is 0.230 e. The zero-order valence-corrected chi connectivity index (χ0v) is 12.8. The van der Waals surface area contributed by atoms with Gasteiger partial charge in [0, 0.05) is 17.3 Å². The van der Waals surface area contributed by atoms with Crippen molar-refractivity contribution < 1.29 is 18.0 Å². The van der Waals surface area contributed by atoms with E-state index in [1.54, 1.807) is 6.92 Å². The minimum absolute atomic E-state index is 0.0266. The van der Waals surface area contributed by atoms with Gasteiger partial charge in [0.05, 0.1) is 12.1 Å². The summed E-state index contributed by atoms with van der Waals surface area (Å²) in [5, 5.41) is 2.51. The van der Waals surface area contributed by atoms with E-state index in [0.717, 1.165) is 17.7 Å². The van der Waals surface area contributed by atoms with Crippen molar-refractivity contribution in [1.82, 2.24) is 4.98 Å². The molecule has 6 heteroatoms. The molecular formula is C18H14F2N2O2. The Morgan fingerprint density at radius 1 is 1.12 bits per heavy atom. The van der Waals surface area contributed by atoms with Crippen LogP contribution in [0.15, 0.2) is 52.9 Å². The molecule has 0 radical (unpaired) electrons. The molecule has 1 N–H and O–H groups in total. The molecule has 1 amide bonds. The van der Waals surface area contributed by atoms with Gasteiger partial charge in [0.25, 0.3) is 0 Å². The normalized spacial score (nSPS) is 10.6. The van der Waals surface area contributed by atoms with E-state index >= 15 is 0 Å². The Hall–Kier alpha value is -3.02. The first-order valence-corrected chi connectivity index (χ1v) is 7.29. The average molecular weight is 328 g/mol. The molecular weight excluding hydrogens is 314 g/mol. The minimum atomic E-state index is -1.02. The fourth-order valence-corrected chi connectivity index (χ4v) is 2.23. The quantitative estimate of drug-likeness (QED) is 0.784. The fraction of sp³-hybridized carbons (Fsp3) is 0.111. The zero-order chi connectivity index (χ0) is 17.1. The summed E-state index contributed by atoms with van der Waals surface area (Å²) in [5.41, 5.74) is 1.49. The summed E-state index contributed by atoms with van der Waals surface area (Å²) in [6.07, 6.45) is -0.0266. The van der Waals surface area contributed by atoms with Crippen LogP contribution >= 0.6 is 0 Å². The van der Waals surface area contributed by atoms with E-state index in [2.05, 4.69) is 10.3 Å². The van der Waals surface area contributed by atoms with E-state index in [4.69, 9.17) is 4.42 Å². The first-order valence-electron chi connectivity index (χ1n) is 7.29.